The summed E-state index contributed by atoms with van der Waals surface area (Å²) in [5, 5.41) is 5.44. The van der Waals surface area contributed by atoms with Crippen LogP contribution in [-0.4, -0.2) is 50.4 Å². The average molecular weight is 451 g/mol. The smallest absolute Gasteiger partial charge is 0.328 e. The molecule has 1 saturated carbocycles. The molecule has 2 unspecified atom stereocenters. The maximum absolute atomic E-state index is 12.4. The van der Waals surface area contributed by atoms with Gasteiger partial charge < -0.3 is 10.6 Å². The molecule has 31 heavy (non-hydrogen) atoms. The number of carbonyl (C=O) groups excluding carboxylic acids is 3. The van der Waals surface area contributed by atoms with Gasteiger partial charge in [-0.05, 0) is 62.1 Å². The van der Waals surface area contributed by atoms with Gasteiger partial charge in [-0.15, -0.1) is 0 Å². The van der Waals surface area contributed by atoms with Crippen molar-refractivity contribution in [3.63, 3.8) is 0 Å². The number of sulfonamides is 1. The molecule has 9 nitrogen and oxygen atoms in total. The van der Waals surface area contributed by atoms with Crippen molar-refractivity contribution in [1.29, 1.82) is 0 Å². The molecular weight excluding hydrogens is 420 g/mol. The average Bonchev–Trinajstić information content (AvgIpc) is 3.12. The lowest BCUT2D eigenvalue weighted by Gasteiger charge is -2.24. The van der Waals surface area contributed by atoms with Gasteiger partial charge in [-0.2, -0.15) is 0 Å². The highest BCUT2D eigenvalue weighted by Crippen LogP contribution is 2.24. The van der Waals surface area contributed by atoms with Gasteiger partial charge in [-0.3, -0.25) is 9.69 Å². The van der Waals surface area contributed by atoms with Gasteiger partial charge in [0.25, 0.3) is 10.0 Å². The maximum Gasteiger partial charge on any atom is 0.328 e. The van der Waals surface area contributed by atoms with E-state index in [4.69, 9.17) is 0 Å². The predicted molar refractivity (Wildman–Crippen MR) is 115 cm³/mol. The highest BCUT2D eigenvalue weighted by atomic mass is 32.2. The monoisotopic (exact) mass is 450 g/mol. The van der Waals surface area contributed by atoms with E-state index in [2.05, 4.69) is 22.3 Å². The Labute approximate surface area is 183 Å². The lowest BCUT2D eigenvalue weighted by Crippen LogP contribution is -2.46. The van der Waals surface area contributed by atoms with Crippen molar-refractivity contribution in [1.82, 2.24) is 20.3 Å². The van der Waals surface area contributed by atoms with Crippen molar-refractivity contribution in [2.24, 2.45) is 5.92 Å². The minimum Gasteiger partial charge on any atom is -0.337 e. The van der Waals surface area contributed by atoms with Crippen LogP contribution in [0.5, 0.6) is 0 Å². The summed E-state index contributed by atoms with van der Waals surface area (Å²) in [5.74, 6) is 0.372. The fourth-order valence-electron chi connectivity index (χ4n) is 4.00. The van der Waals surface area contributed by atoms with Crippen LogP contribution < -0.4 is 15.4 Å². The lowest BCUT2D eigenvalue weighted by atomic mass is 10.1. The first-order valence-electron chi connectivity index (χ1n) is 10.7. The van der Waals surface area contributed by atoms with Crippen LogP contribution in [-0.2, 0) is 21.2 Å². The molecule has 0 aromatic heterocycles. The van der Waals surface area contributed by atoms with Crippen molar-refractivity contribution < 1.29 is 22.8 Å². The van der Waals surface area contributed by atoms with Gasteiger partial charge in [0.15, 0.2) is 0 Å². The summed E-state index contributed by atoms with van der Waals surface area (Å²) in [6.07, 6.45) is 5.25. The number of imide groups is 1. The SMILES string of the molecule is CC1CCC(NC(=O)NS(=O)(=O)c2ccc(CCNC(=O)N3CCCCC3=O)cc2)C1. The molecule has 2 fully saturated rings. The van der Waals surface area contributed by atoms with Crippen LogP contribution in [0.2, 0.25) is 0 Å². The molecule has 10 heteroatoms. The van der Waals surface area contributed by atoms with E-state index >= 15 is 0 Å². The van der Waals surface area contributed by atoms with E-state index < -0.39 is 22.1 Å². The standard InChI is InChI=1S/C21H30N4O5S/c1-15-5-8-17(14-15)23-20(27)24-31(29,30)18-9-6-16(7-10-18)11-12-22-21(28)25-13-3-2-4-19(25)26/h6-7,9-10,15,17H,2-5,8,11-14H2,1H3,(H,22,28)(H2,23,24,27). The number of nitrogens with zero attached hydrogens (tertiary/aromatic N) is 1. The highest BCUT2D eigenvalue weighted by Gasteiger charge is 2.25. The molecule has 0 bridgehead atoms. The summed E-state index contributed by atoms with van der Waals surface area (Å²) in [4.78, 5) is 37.1. The first-order chi connectivity index (χ1) is 14.7. The maximum atomic E-state index is 12.4. The van der Waals surface area contributed by atoms with Gasteiger partial charge in [0, 0.05) is 25.6 Å². The molecule has 1 aromatic rings. The zero-order chi connectivity index (χ0) is 22.4. The zero-order valence-corrected chi connectivity index (χ0v) is 18.5. The number of hydrogen-bond donors (Lipinski definition) is 3. The molecule has 5 amide bonds. The number of benzene rings is 1. The number of likely N-dealkylation sites (tertiary alicyclic amines) is 1. The second-order valence-electron chi connectivity index (χ2n) is 8.32. The van der Waals surface area contributed by atoms with E-state index in [9.17, 15) is 22.8 Å². The Morgan fingerprint density at radius 1 is 1.13 bits per heavy atom. The topological polar surface area (TPSA) is 125 Å². The van der Waals surface area contributed by atoms with E-state index in [1.807, 2.05) is 0 Å². The van der Waals surface area contributed by atoms with Crippen LogP contribution in [0, 0.1) is 5.92 Å². The Hall–Kier alpha value is -2.62. The minimum atomic E-state index is -3.96. The largest absolute Gasteiger partial charge is 0.337 e. The van der Waals surface area contributed by atoms with Gasteiger partial charge in [-0.25, -0.2) is 22.7 Å². The van der Waals surface area contributed by atoms with Gasteiger partial charge in [-0.1, -0.05) is 19.1 Å². The van der Waals surface area contributed by atoms with Crippen LogP contribution in [0.3, 0.4) is 0 Å². The van der Waals surface area contributed by atoms with Gasteiger partial charge in [0.05, 0.1) is 4.90 Å². The van der Waals surface area contributed by atoms with E-state index in [1.54, 1.807) is 12.1 Å². The second kappa shape index (κ2) is 10.1. The van der Waals surface area contributed by atoms with E-state index in [0.717, 1.165) is 37.7 Å². The van der Waals surface area contributed by atoms with E-state index in [0.29, 0.717) is 31.8 Å². The molecule has 0 radical (unpaired) electrons. The molecule has 3 N–H and O–H groups in total. The molecular formula is C21H30N4O5S. The fraction of sp³-hybridized carbons (Fsp3) is 0.571. The van der Waals surface area contributed by atoms with E-state index in [1.165, 1.54) is 17.0 Å². The number of amides is 5. The summed E-state index contributed by atoms with van der Waals surface area (Å²) < 4.78 is 26.9. The summed E-state index contributed by atoms with van der Waals surface area (Å²) in [6, 6.07) is 5.04. The first kappa shape index (κ1) is 23.1. The Kier molecular flexibility index (Phi) is 7.53. The Bertz CT molecular complexity index is 916. The van der Waals surface area contributed by atoms with Crippen LogP contribution >= 0.6 is 0 Å². The number of rotatable bonds is 6. The van der Waals surface area contributed by atoms with E-state index in [-0.39, 0.29) is 16.8 Å². The molecule has 170 valence electrons. The van der Waals surface area contributed by atoms with Crippen LogP contribution in [0.25, 0.3) is 0 Å². The number of nitrogens with one attached hydrogen (secondary N) is 3. The summed E-state index contributed by atoms with van der Waals surface area (Å²) in [5.41, 5.74) is 0.827. The lowest BCUT2D eigenvalue weighted by molar-refractivity contribution is -0.130. The van der Waals surface area contributed by atoms with Gasteiger partial charge in [0.2, 0.25) is 5.91 Å². The molecule has 1 heterocycles. The summed E-state index contributed by atoms with van der Waals surface area (Å²) >= 11 is 0. The third-order valence-corrected chi connectivity index (χ3v) is 7.10. The normalized spacial score (nSPS) is 21.6. The van der Waals surface area contributed by atoms with Crippen LogP contribution in [0.15, 0.2) is 29.2 Å². The van der Waals surface area contributed by atoms with Crippen molar-refractivity contribution >= 4 is 28.0 Å². The fourth-order valence-corrected chi connectivity index (χ4v) is 4.91. The van der Waals surface area contributed by atoms with Crippen LogP contribution in [0.1, 0.15) is 51.0 Å². The highest BCUT2D eigenvalue weighted by molar-refractivity contribution is 7.90. The molecule has 1 saturated heterocycles. The molecule has 1 aromatic carbocycles. The molecule has 2 aliphatic rings. The van der Waals surface area contributed by atoms with Gasteiger partial charge >= 0.3 is 12.1 Å². The van der Waals surface area contributed by atoms with Crippen molar-refractivity contribution in [2.45, 2.75) is 62.8 Å². The number of hydrogen-bond acceptors (Lipinski definition) is 5. The molecule has 3 rings (SSSR count). The van der Waals surface area contributed by atoms with Crippen molar-refractivity contribution in [3.8, 4) is 0 Å². The molecule has 1 aliphatic carbocycles. The summed E-state index contributed by atoms with van der Waals surface area (Å²) in [6.45, 7) is 2.88. The number of urea groups is 2. The molecule has 2 atom stereocenters. The third-order valence-electron chi connectivity index (χ3n) is 5.75. The Balaban J connectivity index is 1.46. The van der Waals surface area contributed by atoms with Crippen LogP contribution in [0.4, 0.5) is 9.59 Å². The van der Waals surface area contributed by atoms with Crippen molar-refractivity contribution in [2.75, 3.05) is 13.1 Å². The number of piperidine rings is 1. The number of carbonyl (C=O) groups is 3. The predicted octanol–water partition coefficient (Wildman–Crippen LogP) is 2.13. The molecule has 1 aliphatic heterocycles. The first-order valence-corrected chi connectivity index (χ1v) is 12.2. The van der Waals surface area contributed by atoms with Gasteiger partial charge in [0.1, 0.15) is 0 Å². The molecule has 0 spiro atoms. The summed E-state index contributed by atoms with van der Waals surface area (Å²) in [7, 11) is -3.96. The zero-order valence-electron chi connectivity index (χ0n) is 17.7. The Morgan fingerprint density at radius 2 is 1.87 bits per heavy atom. The minimum absolute atomic E-state index is 0.00279. The third kappa shape index (κ3) is 6.43. The Morgan fingerprint density at radius 3 is 2.52 bits per heavy atom. The second-order valence-corrected chi connectivity index (χ2v) is 10.0. The van der Waals surface area contributed by atoms with Crippen molar-refractivity contribution in [3.05, 3.63) is 29.8 Å². The quantitative estimate of drug-likeness (QED) is 0.612.